The van der Waals surface area contributed by atoms with Gasteiger partial charge >= 0.3 is 0 Å². The molecule has 1 nitrogen and oxygen atoms in total. The quantitative estimate of drug-likeness (QED) is 0.345. The molecule has 7 aliphatic rings. The highest BCUT2D eigenvalue weighted by atomic mass is 28.3. The first kappa shape index (κ1) is 24.2. The zero-order valence-electron chi connectivity index (χ0n) is 24.0. The molecule has 0 radical (unpaired) electrons. The standard InChI is InChI=1S/C33H57NSi/c1-21-17-18-28-26(20-21)29-30(34(28)3)27-16-10-11-19-33(27,2)32(29)35(4,5)31-24-14-8-6-12-22(24)23-13-7-9-15-25(23)31/h21-32H,6-20H2,1-5H3. The van der Waals surface area contributed by atoms with E-state index in [1.807, 2.05) is 0 Å². The van der Waals surface area contributed by atoms with Gasteiger partial charge < -0.3 is 0 Å². The van der Waals surface area contributed by atoms with Crippen molar-refractivity contribution in [3.63, 3.8) is 0 Å². The van der Waals surface area contributed by atoms with Gasteiger partial charge in [-0.25, -0.2) is 0 Å². The van der Waals surface area contributed by atoms with Crippen molar-refractivity contribution in [3.8, 4) is 0 Å². The molecule has 0 aromatic rings. The first-order valence-corrected chi connectivity index (χ1v) is 19.7. The Morgan fingerprint density at radius 2 is 1.31 bits per heavy atom. The fourth-order valence-electron chi connectivity index (χ4n) is 14.1. The summed E-state index contributed by atoms with van der Waals surface area (Å²) in [5, 5.41) is 0. The number of fused-ring (bicyclic) bond motifs is 8. The molecular formula is C33H57NSi. The maximum atomic E-state index is 3.04. The molecule has 6 saturated carbocycles. The lowest BCUT2D eigenvalue weighted by atomic mass is 9.67. The molecule has 1 aliphatic heterocycles. The summed E-state index contributed by atoms with van der Waals surface area (Å²) in [6.45, 7) is 11.5. The van der Waals surface area contributed by atoms with Crippen LogP contribution in [0.2, 0.25) is 24.2 Å². The summed E-state index contributed by atoms with van der Waals surface area (Å²) in [5.74, 6) is 8.58. The minimum absolute atomic E-state index is 0.653. The van der Waals surface area contributed by atoms with E-state index in [-0.39, 0.29) is 0 Å². The van der Waals surface area contributed by atoms with Crippen LogP contribution >= 0.6 is 0 Å². The van der Waals surface area contributed by atoms with E-state index in [2.05, 4.69) is 38.9 Å². The zero-order chi connectivity index (χ0) is 24.1. The fraction of sp³-hybridized carbons (Fsp3) is 1.00. The van der Waals surface area contributed by atoms with E-state index in [0.29, 0.717) is 5.41 Å². The van der Waals surface area contributed by atoms with Gasteiger partial charge in [-0.2, -0.15) is 0 Å². The van der Waals surface area contributed by atoms with E-state index in [1.54, 1.807) is 70.6 Å². The van der Waals surface area contributed by atoms with Crippen molar-refractivity contribution in [2.24, 2.45) is 52.8 Å². The Morgan fingerprint density at radius 3 is 1.97 bits per heavy atom. The van der Waals surface area contributed by atoms with Crippen molar-refractivity contribution >= 4 is 8.07 Å². The maximum absolute atomic E-state index is 3.04. The van der Waals surface area contributed by atoms with E-state index >= 15 is 0 Å². The van der Waals surface area contributed by atoms with Crippen molar-refractivity contribution in [1.82, 2.24) is 4.90 Å². The molecule has 35 heavy (non-hydrogen) atoms. The van der Waals surface area contributed by atoms with Crippen LogP contribution in [0.4, 0.5) is 0 Å². The molecule has 0 N–H and O–H groups in total. The van der Waals surface area contributed by atoms with Gasteiger partial charge in [-0.3, -0.25) is 4.90 Å². The van der Waals surface area contributed by atoms with E-state index in [9.17, 15) is 0 Å². The monoisotopic (exact) mass is 495 g/mol. The summed E-state index contributed by atoms with van der Waals surface area (Å²) in [4.78, 5) is 3.04. The van der Waals surface area contributed by atoms with Crippen LogP contribution in [0.15, 0.2) is 0 Å². The summed E-state index contributed by atoms with van der Waals surface area (Å²) in [5.41, 5.74) is 2.91. The minimum atomic E-state index is -1.47. The summed E-state index contributed by atoms with van der Waals surface area (Å²) in [7, 11) is 1.13. The Bertz CT molecular complexity index is 785. The first-order valence-electron chi connectivity index (χ1n) is 16.6. The van der Waals surface area contributed by atoms with Gasteiger partial charge in [0.2, 0.25) is 0 Å². The van der Waals surface area contributed by atoms with Gasteiger partial charge in [0.25, 0.3) is 0 Å². The van der Waals surface area contributed by atoms with E-state index in [1.165, 1.54) is 25.7 Å². The second-order valence-corrected chi connectivity index (χ2v) is 21.2. The van der Waals surface area contributed by atoms with Gasteiger partial charge in [-0.1, -0.05) is 78.3 Å². The van der Waals surface area contributed by atoms with Crippen LogP contribution in [-0.2, 0) is 0 Å². The second kappa shape index (κ2) is 8.59. The van der Waals surface area contributed by atoms with Crippen molar-refractivity contribution in [1.29, 1.82) is 0 Å². The molecule has 198 valence electrons. The largest absolute Gasteiger partial charge is 0.300 e. The summed E-state index contributed by atoms with van der Waals surface area (Å²) < 4.78 is 0. The molecule has 12 atom stereocenters. The highest BCUT2D eigenvalue weighted by Gasteiger charge is 2.71. The van der Waals surface area contributed by atoms with Crippen LogP contribution in [0.3, 0.4) is 0 Å². The molecule has 0 bridgehead atoms. The highest BCUT2D eigenvalue weighted by molar-refractivity contribution is 6.80. The lowest BCUT2D eigenvalue weighted by Gasteiger charge is -2.54. The third kappa shape index (κ3) is 3.32. The predicted octanol–water partition coefficient (Wildman–Crippen LogP) is 9.01. The number of hydrogen-bond donors (Lipinski definition) is 0. The molecule has 0 aromatic carbocycles. The number of rotatable bonds is 2. The molecule has 1 saturated heterocycles. The van der Waals surface area contributed by atoms with E-state index < -0.39 is 8.07 Å². The average Bonchev–Trinajstić information content (AvgIpc) is 3.43. The molecule has 0 aromatic heterocycles. The Hall–Kier alpha value is 0.177. The first-order chi connectivity index (χ1) is 16.8. The van der Waals surface area contributed by atoms with Crippen LogP contribution in [0.1, 0.15) is 110 Å². The molecule has 6 aliphatic carbocycles. The Balaban J connectivity index is 1.32. The van der Waals surface area contributed by atoms with Crippen molar-refractivity contribution in [2.45, 2.75) is 146 Å². The Labute approximate surface area is 219 Å². The maximum Gasteiger partial charge on any atom is 0.0550 e. The predicted molar refractivity (Wildman–Crippen MR) is 151 cm³/mol. The Morgan fingerprint density at radius 1 is 0.714 bits per heavy atom. The molecule has 12 unspecified atom stereocenters. The van der Waals surface area contributed by atoms with Crippen molar-refractivity contribution < 1.29 is 0 Å². The van der Waals surface area contributed by atoms with Gasteiger partial charge in [0.15, 0.2) is 0 Å². The average molecular weight is 496 g/mol. The van der Waals surface area contributed by atoms with Gasteiger partial charge in [0.1, 0.15) is 0 Å². The third-order valence-corrected chi connectivity index (χ3v) is 19.9. The molecule has 0 spiro atoms. The lowest BCUT2D eigenvalue weighted by molar-refractivity contribution is 0.0625. The SMILES string of the molecule is CC1CCC2C(C1)C1C(C3CCCCC3(C)C1[Si](C)(C)C1C3CCCCC3C3CCCCC31)N2C. The van der Waals surface area contributed by atoms with Crippen molar-refractivity contribution in [2.75, 3.05) is 7.05 Å². The summed E-state index contributed by atoms with van der Waals surface area (Å²) >= 11 is 0. The molecular weight excluding hydrogens is 438 g/mol. The molecule has 7 fully saturated rings. The smallest absolute Gasteiger partial charge is 0.0550 e. The molecule has 0 amide bonds. The number of likely N-dealkylation sites (tertiary alicyclic amines) is 1. The van der Waals surface area contributed by atoms with Crippen LogP contribution in [0.25, 0.3) is 0 Å². The number of nitrogens with zero attached hydrogens (tertiary/aromatic N) is 1. The zero-order valence-corrected chi connectivity index (χ0v) is 25.0. The van der Waals surface area contributed by atoms with Gasteiger partial charge in [-0.05, 0) is 116 Å². The van der Waals surface area contributed by atoms with Crippen LogP contribution in [0.5, 0.6) is 0 Å². The van der Waals surface area contributed by atoms with Gasteiger partial charge in [-0.15, -0.1) is 0 Å². The van der Waals surface area contributed by atoms with Crippen LogP contribution < -0.4 is 0 Å². The normalized spacial score (nSPS) is 56.1. The van der Waals surface area contributed by atoms with Crippen LogP contribution in [0, 0.1) is 52.8 Å². The van der Waals surface area contributed by atoms with E-state index in [0.717, 1.165) is 70.5 Å². The topological polar surface area (TPSA) is 3.24 Å². The Kier molecular flexibility index (Phi) is 5.95. The second-order valence-electron chi connectivity index (χ2n) is 16.3. The van der Waals surface area contributed by atoms with E-state index in [4.69, 9.17) is 0 Å². The lowest BCUT2D eigenvalue weighted by Crippen LogP contribution is -2.52. The summed E-state index contributed by atoms with van der Waals surface area (Å²) in [6.07, 6.45) is 23.4. The third-order valence-electron chi connectivity index (χ3n) is 14.7. The highest BCUT2D eigenvalue weighted by Crippen LogP contribution is 2.74. The minimum Gasteiger partial charge on any atom is -0.300 e. The molecule has 1 heterocycles. The van der Waals surface area contributed by atoms with Crippen LogP contribution in [-0.4, -0.2) is 32.1 Å². The van der Waals surface area contributed by atoms with Gasteiger partial charge in [0.05, 0.1) is 8.07 Å². The van der Waals surface area contributed by atoms with Crippen molar-refractivity contribution in [3.05, 3.63) is 0 Å². The molecule has 2 heteroatoms. The van der Waals surface area contributed by atoms with Gasteiger partial charge in [0, 0.05) is 12.1 Å². The summed E-state index contributed by atoms with van der Waals surface area (Å²) in [6, 6.07) is 1.86. The number of hydrogen-bond acceptors (Lipinski definition) is 1. The fourth-order valence-corrected chi connectivity index (χ4v) is 21.1. The molecule has 7 rings (SSSR count).